The highest BCUT2D eigenvalue weighted by Crippen LogP contribution is 2.15. The molecule has 2 rings (SSSR count). The van der Waals surface area contributed by atoms with Crippen LogP contribution >= 0.6 is 0 Å². The maximum atomic E-state index is 11.7. The molecule has 86 valence electrons. The molecule has 0 aromatic heterocycles. The Kier molecular flexibility index (Phi) is 3.60. The van der Waals surface area contributed by atoms with E-state index in [-0.39, 0.29) is 0 Å². The molecule has 0 bridgehead atoms. The number of piperidine rings is 1. The van der Waals surface area contributed by atoms with Crippen LogP contribution in [-0.2, 0) is 17.8 Å². The van der Waals surface area contributed by atoms with E-state index in [1.807, 2.05) is 4.90 Å². The van der Waals surface area contributed by atoms with Crippen LogP contribution in [-0.4, -0.2) is 17.4 Å². The third-order valence-corrected chi connectivity index (χ3v) is 3.19. The van der Waals surface area contributed by atoms with Crippen molar-refractivity contribution in [2.75, 3.05) is 6.54 Å². The Morgan fingerprint density at radius 3 is 2.81 bits per heavy atom. The van der Waals surface area contributed by atoms with Gasteiger partial charge in [-0.25, -0.2) is 0 Å². The molecule has 1 aliphatic heterocycles. The number of hydrogen-bond donors (Lipinski definition) is 0. The molecule has 2 heteroatoms. The Morgan fingerprint density at radius 1 is 1.25 bits per heavy atom. The number of rotatable bonds is 3. The van der Waals surface area contributed by atoms with Crippen LogP contribution in [0.4, 0.5) is 0 Å². The van der Waals surface area contributed by atoms with Gasteiger partial charge in [-0.15, -0.1) is 0 Å². The van der Waals surface area contributed by atoms with Gasteiger partial charge in [-0.2, -0.15) is 0 Å². The lowest BCUT2D eigenvalue weighted by atomic mass is 10.1. The number of carbonyl (C=O) groups is 1. The average molecular weight is 217 g/mol. The van der Waals surface area contributed by atoms with Crippen molar-refractivity contribution < 1.29 is 4.79 Å². The highest BCUT2D eigenvalue weighted by atomic mass is 16.2. The molecule has 0 aliphatic carbocycles. The summed E-state index contributed by atoms with van der Waals surface area (Å²) >= 11 is 0. The minimum atomic E-state index is 0.313. The SMILES string of the molecule is CCc1cccc(CN2CCCCC2=O)c1. The molecule has 1 heterocycles. The van der Waals surface area contributed by atoms with Crippen LogP contribution in [0.15, 0.2) is 24.3 Å². The molecule has 0 saturated carbocycles. The Balaban J connectivity index is 2.04. The molecule has 0 spiro atoms. The summed E-state index contributed by atoms with van der Waals surface area (Å²) in [5.74, 6) is 0.313. The number of aryl methyl sites for hydroxylation is 1. The lowest BCUT2D eigenvalue weighted by Crippen LogP contribution is -2.34. The second-order valence-corrected chi connectivity index (χ2v) is 4.45. The first-order valence-corrected chi connectivity index (χ1v) is 6.15. The predicted octanol–water partition coefficient (Wildman–Crippen LogP) is 2.76. The summed E-state index contributed by atoms with van der Waals surface area (Å²) in [6, 6.07) is 8.55. The van der Waals surface area contributed by atoms with E-state index in [1.165, 1.54) is 11.1 Å². The molecule has 0 unspecified atom stereocenters. The fraction of sp³-hybridized carbons (Fsp3) is 0.500. The molecular formula is C14H19NO. The Hall–Kier alpha value is -1.31. The smallest absolute Gasteiger partial charge is 0.222 e. The first-order valence-electron chi connectivity index (χ1n) is 6.15. The third kappa shape index (κ3) is 2.63. The molecule has 2 nitrogen and oxygen atoms in total. The number of hydrogen-bond acceptors (Lipinski definition) is 1. The monoisotopic (exact) mass is 217 g/mol. The molecule has 1 fully saturated rings. The zero-order valence-electron chi connectivity index (χ0n) is 9.91. The molecule has 1 aromatic carbocycles. The van der Waals surface area contributed by atoms with Crippen LogP contribution < -0.4 is 0 Å². The number of amides is 1. The van der Waals surface area contributed by atoms with E-state index in [0.717, 1.165) is 38.8 Å². The van der Waals surface area contributed by atoms with Crippen LogP contribution in [0, 0.1) is 0 Å². The molecule has 0 radical (unpaired) electrons. The maximum Gasteiger partial charge on any atom is 0.222 e. The van der Waals surface area contributed by atoms with Gasteiger partial charge in [-0.05, 0) is 30.4 Å². The van der Waals surface area contributed by atoms with Gasteiger partial charge in [0.25, 0.3) is 0 Å². The van der Waals surface area contributed by atoms with Gasteiger partial charge in [0, 0.05) is 19.5 Å². The van der Waals surface area contributed by atoms with Crippen LogP contribution in [0.2, 0.25) is 0 Å². The van der Waals surface area contributed by atoms with Crippen molar-refractivity contribution in [3.05, 3.63) is 35.4 Å². The Labute approximate surface area is 97.3 Å². The molecule has 1 amide bonds. The molecule has 16 heavy (non-hydrogen) atoms. The number of benzene rings is 1. The van der Waals surface area contributed by atoms with Crippen LogP contribution in [0.3, 0.4) is 0 Å². The lowest BCUT2D eigenvalue weighted by Gasteiger charge is -2.26. The van der Waals surface area contributed by atoms with E-state index in [1.54, 1.807) is 0 Å². The average Bonchev–Trinajstić information content (AvgIpc) is 2.32. The van der Waals surface area contributed by atoms with Gasteiger partial charge < -0.3 is 4.90 Å². The van der Waals surface area contributed by atoms with Crippen molar-refractivity contribution in [2.45, 2.75) is 39.2 Å². The van der Waals surface area contributed by atoms with Crippen molar-refractivity contribution in [1.29, 1.82) is 0 Å². The standard InChI is InChI=1S/C14H19NO/c1-2-12-6-5-7-13(10-12)11-15-9-4-3-8-14(15)16/h5-7,10H,2-4,8-9,11H2,1H3. The van der Waals surface area contributed by atoms with Gasteiger partial charge in [0.05, 0.1) is 0 Å². The van der Waals surface area contributed by atoms with E-state index in [2.05, 4.69) is 31.2 Å². The third-order valence-electron chi connectivity index (χ3n) is 3.19. The number of carbonyl (C=O) groups excluding carboxylic acids is 1. The first kappa shape index (κ1) is 11.2. The van der Waals surface area contributed by atoms with Crippen molar-refractivity contribution in [3.63, 3.8) is 0 Å². The summed E-state index contributed by atoms with van der Waals surface area (Å²) in [6.07, 6.45) is 4.00. The summed E-state index contributed by atoms with van der Waals surface area (Å²) in [4.78, 5) is 13.7. The van der Waals surface area contributed by atoms with Crippen molar-refractivity contribution in [1.82, 2.24) is 4.90 Å². The van der Waals surface area contributed by atoms with Crippen LogP contribution in [0.25, 0.3) is 0 Å². The summed E-state index contributed by atoms with van der Waals surface area (Å²) < 4.78 is 0. The predicted molar refractivity (Wildman–Crippen MR) is 65.1 cm³/mol. The van der Waals surface area contributed by atoms with Gasteiger partial charge in [-0.3, -0.25) is 4.79 Å². The second-order valence-electron chi connectivity index (χ2n) is 4.45. The minimum absolute atomic E-state index is 0.313. The fourth-order valence-electron chi connectivity index (χ4n) is 2.20. The van der Waals surface area contributed by atoms with E-state index < -0.39 is 0 Å². The molecule has 1 saturated heterocycles. The van der Waals surface area contributed by atoms with E-state index in [4.69, 9.17) is 0 Å². The van der Waals surface area contributed by atoms with E-state index in [9.17, 15) is 4.79 Å². The largest absolute Gasteiger partial charge is 0.338 e. The quantitative estimate of drug-likeness (QED) is 0.762. The van der Waals surface area contributed by atoms with Crippen molar-refractivity contribution in [2.24, 2.45) is 0 Å². The molecule has 0 atom stereocenters. The molecular weight excluding hydrogens is 198 g/mol. The molecule has 1 aliphatic rings. The lowest BCUT2D eigenvalue weighted by molar-refractivity contribution is -0.133. The van der Waals surface area contributed by atoms with Gasteiger partial charge in [-0.1, -0.05) is 31.2 Å². The normalized spacial score (nSPS) is 16.6. The summed E-state index contributed by atoms with van der Waals surface area (Å²) in [6.45, 7) is 3.87. The van der Waals surface area contributed by atoms with Gasteiger partial charge >= 0.3 is 0 Å². The van der Waals surface area contributed by atoms with Gasteiger partial charge in [0.1, 0.15) is 0 Å². The highest BCUT2D eigenvalue weighted by Gasteiger charge is 2.17. The Morgan fingerprint density at radius 2 is 2.06 bits per heavy atom. The number of likely N-dealkylation sites (tertiary alicyclic amines) is 1. The molecule has 0 N–H and O–H groups in total. The van der Waals surface area contributed by atoms with Gasteiger partial charge in [0.15, 0.2) is 0 Å². The van der Waals surface area contributed by atoms with Gasteiger partial charge in [0.2, 0.25) is 5.91 Å². The zero-order chi connectivity index (χ0) is 11.4. The van der Waals surface area contributed by atoms with E-state index >= 15 is 0 Å². The number of nitrogens with zero attached hydrogens (tertiary/aromatic N) is 1. The topological polar surface area (TPSA) is 20.3 Å². The highest BCUT2D eigenvalue weighted by molar-refractivity contribution is 5.76. The maximum absolute atomic E-state index is 11.7. The minimum Gasteiger partial charge on any atom is -0.338 e. The first-order chi connectivity index (χ1) is 7.79. The zero-order valence-corrected chi connectivity index (χ0v) is 9.91. The summed E-state index contributed by atoms with van der Waals surface area (Å²) in [5.41, 5.74) is 2.61. The van der Waals surface area contributed by atoms with Crippen molar-refractivity contribution in [3.8, 4) is 0 Å². The fourth-order valence-corrected chi connectivity index (χ4v) is 2.20. The summed E-state index contributed by atoms with van der Waals surface area (Å²) in [5, 5.41) is 0. The van der Waals surface area contributed by atoms with Crippen LogP contribution in [0.1, 0.15) is 37.3 Å². The van der Waals surface area contributed by atoms with E-state index in [0.29, 0.717) is 5.91 Å². The second kappa shape index (κ2) is 5.15. The summed E-state index contributed by atoms with van der Waals surface area (Å²) in [7, 11) is 0. The Bertz CT molecular complexity index is 373. The molecule has 1 aromatic rings. The van der Waals surface area contributed by atoms with Crippen LogP contribution in [0.5, 0.6) is 0 Å². The van der Waals surface area contributed by atoms with Crippen molar-refractivity contribution >= 4 is 5.91 Å².